The molecule has 1 aromatic carbocycles. The van der Waals surface area contributed by atoms with Crippen LogP contribution in [0, 0.1) is 5.82 Å². The molecule has 1 heterocycles. The molecule has 0 bridgehead atoms. The number of nitrogens with zero attached hydrogens (tertiary/aromatic N) is 2. The number of halogens is 1. The van der Waals surface area contributed by atoms with Gasteiger partial charge in [0.1, 0.15) is 0 Å². The lowest BCUT2D eigenvalue weighted by Crippen LogP contribution is -2.51. The number of carbonyl (C=O) groups excluding carboxylic acids is 1. The summed E-state index contributed by atoms with van der Waals surface area (Å²) >= 11 is 5.41. The molecule has 0 spiro atoms. The fourth-order valence-corrected chi connectivity index (χ4v) is 3.10. The molecule has 1 fully saturated rings. The van der Waals surface area contributed by atoms with Crippen molar-refractivity contribution < 1.29 is 18.7 Å². The van der Waals surface area contributed by atoms with Crippen molar-refractivity contribution >= 4 is 23.3 Å². The summed E-state index contributed by atoms with van der Waals surface area (Å²) < 4.78 is 23.3. The first-order chi connectivity index (χ1) is 12.5. The van der Waals surface area contributed by atoms with Crippen LogP contribution in [-0.2, 0) is 16.1 Å². The zero-order valence-electron chi connectivity index (χ0n) is 15.3. The van der Waals surface area contributed by atoms with Crippen LogP contribution < -0.4 is 10.1 Å². The second kappa shape index (κ2) is 10.3. The lowest BCUT2D eigenvalue weighted by molar-refractivity contribution is -0.140. The number of hydrogen-bond acceptors (Lipinski definition) is 5. The largest absolute Gasteiger partial charge is 0.494 e. The van der Waals surface area contributed by atoms with Crippen LogP contribution in [0.2, 0.25) is 0 Å². The average molecular weight is 383 g/mol. The van der Waals surface area contributed by atoms with Gasteiger partial charge in [-0.15, -0.1) is 0 Å². The maximum atomic E-state index is 13.8. The highest BCUT2D eigenvalue weighted by atomic mass is 32.1. The smallest absolute Gasteiger partial charge is 0.305 e. The molecule has 144 valence electrons. The number of esters is 1. The number of nitrogens with one attached hydrogen (secondary N) is 1. The predicted molar refractivity (Wildman–Crippen MR) is 102 cm³/mol. The molecule has 0 atom stereocenters. The van der Waals surface area contributed by atoms with Gasteiger partial charge in [-0.2, -0.15) is 0 Å². The monoisotopic (exact) mass is 383 g/mol. The first kappa shape index (κ1) is 20.4. The maximum Gasteiger partial charge on any atom is 0.305 e. The van der Waals surface area contributed by atoms with Crippen LogP contribution in [0.3, 0.4) is 0 Å². The van der Waals surface area contributed by atoms with Crippen LogP contribution in [0.25, 0.3) is 0 Å². The minimum atomic E-state index is -0.332. The van der Waals surface area contributed by atoms with Gasteiger partial charge in [-0.25, -0.2) is 4.39 Å². The van der Waals surface area contributed by atoms with Crippen molar-refractivity contribution in [1.29, 1.82) is 0 Å². The normalized spacial score (nSPS) is 14.8. The second-order valence-corrected chi connectivity index (χ2v) is 6.53. The molecular formula is C18H26FN3O3S. The van der Waals surface area contributed by atoms with Gasteiger partial charge < -0.3 is 19.7 Å². The summed E-state index contributed by atoms with van der Waals surface area (Å²) in [5.74, 6) is -0.274. The van der Waals surface area contributed by atoms with Gasteiger partial charge in [-0.1, -0.05) is 6.07 Å². The standard InChI is InChI=1S/C18H26FN3O3S/c1-24-16-6-5-14(12-15(16)19)13-21-8-10-22(11-9-21)18(26)20-7-3-4-17(23)25-2/h5-6,12H,3-4,7-11,13H2,1-2H3,(H,20,26). The van der Waals surface area contributed by atoms with E-state index in [9.17, 15) is 9.18 Å². The topological polar surface area (TPSA) is 54.0 Å². The van der Waals surface area contributed by atoms with Gasteiger partial charge in [0.25, 0.3) is 0 Å². The van der Waals surface area contributed by atoms with Crippen molar-refractivity contribution in [3.05, 3.63) is 29.6 Å². The van der Waals surface area contributed by atoms with E-state index in [1.54, 1.807) is 6.07 Å². The third-order valence-electron chi connectivity index (χ3n) is 4.34. The third-order valence-corrected chi connectivity index (χ3v) is 4.75. The predicted octanol–water partition coefficient (Wildman–Crippen LogP) is 1.78. The highest BCUT2D eigenvalue weighted by molar-refractivity contribution is 7.80. The summed E-state index contributed by atoms with van der Waals surface area (Å²) in [6.07, 6.45) is 1.08. The van der Waals surface area contributed by atoms with Crippen molar-refractivity contribution in [1.82, 2.24) is 15.1 Å². The zero-order valence-corrected chi connectivity index (χ0v) is 16.1. The zero-order chi connectivity index (χ0) is 18.9. The van der Waals surface area contributed by atoms with E-state index in [4.69, 9.17) is 17.0 Å². The summed E-state index contributed by atoms with van der Waals surface area (Å²) in [4.78, 5) is 15.5. The quantitative estimate of drug-likeness (QED) is 0.438. The lowest BCUT2D eigenvalue weighted by Gasteiger charge is -2.36. The van der Waals surface area contributed by atoms with Gasteiger partial charge >= 0.3 is 5.97 Å². The SMILES string of the molecule is COC(=O)CCCNC(=S)N1CCN(Cc2ccc(OC)c(F)c2)CC1. The van der Waals surface area contributed by atoms with Gasteiger partial charge in [0, 0.05) is 45.7 Å². The summed E-state index contributed by atoms with van der Waals surface area (Å²) in [6, 6.07) is 5.08. The van der Waals surface area contributed by atoms with Crippen LogP contribution in [0.15, 0.2) is 18.2 Å². The molecule has 0 saturated carbocycles. The number of thiocarbonyl (C=S) groups is 1. The van der Waals surface area contributed by atoms with E-state index >= 15 is 0 Å². The molecule has 2 rings (SSSR count). The Balaban J connectivity index is 1.70. The van der Waals surface area contributed by atoms with Crippen LogP contribution >= 0.6 is 12.2 Å². The summed E-state index contributed by atoms with van der Waals surface area (Å²) in [7, 11) is 2.85. The van der Waals surface area contributed by atoms with E-state index in [2.05, 4.69) is 19.9 Å². The van der Waals surface area contributed by atoms with E-state index in [1.165, 1.54) is 20.3 Å². The fourth-order valence-electron chi connectivity index (χ4n) is 2.82. The van der Waals surface area contributed by atoms with E-state index < -0.39 is 0 Å². The summed E-state index contributed by atoms with van der Waals surface area (Å²) in [5, 5.41) is 3.90. The van der Waals surface area contributed by atoms with E-state index in [-0.39, 0.29) is 17.5 Å². The Morgan fingerprint density at radius 1 is 1.27 bits per heavy atom. The molecule has 0 aromatic heterocycles. The highest BCUT2D eigenvalue weighted by Gasteiger charge is 2.19. The molecule has 0 radical (unpaired) electrons. The maximum absolute atomic E-state index is 13.8. The summed E-state index contributed by atoms with van der Waals surface area (Å²) in [5.41, 5.74) is 0.931. The number of hydrogen-bond donors (Lipinski definition) is 1. The number of benzene rings is 1. The molecule has 1 saturated heterocycles. The van der Waals surface area contributed by atoms with Crippen molar-refractivity contribution in [3.63, 3.8) is 0 Å². The molecule has 1 aromatic rings. The van der Waals surface area contributed by atoms with Crippen molar-refractivity contribution in [2.75, 3.05) is 46.9 Å². The first-order valence-electron chi connectivity index (χ1n) is 8.68. The average Bonchev–Trinajstić information content (AvgIpc) is 2.65. The Morgan fingerprint density at radius 3 is 2.62 bits per heavy atom. The van der Waals surface area contributed by atoms with Crippen molar-refractivity contribution in [2.24, 2.45) is 0 Å². The molecule has 1 aliphatic heterocycles. The Bertz CT molecular complexity index is 622. The van der Waals surface area contributed by atoms with E-state index in [1.807, 2.05) is 6.07 Å². The number of piperazine rings is 1. The van der Waals surface area contributed by atoms with Crippen LogP contribution in [0.5, 0.6) is 5.75 Å². The molecule has 0 amide bonds. The Morgan fingerprint density at radius 2 is 2.00 bits per heavy atom. The molecule has 0 unspecified atom stereocenters. The minimum Gasteiger partial charge on any atom is -0.494 e. The van der Waals surface area contributed by atoms with Gasteiger partial charge in [-0.3, -0.25) is 9.69 Å². The second-order valence-electron chi connectivity index (χ2n) is 6.14. The van der Waals surface area contributed by atoms with E-state index in [0.29, 0.717) is 31.0 Å². The van der Waals surface area contributed by atoms with Crippen LogP contribution in [0.1, 0.15) is 18.4 Å². The van der Waals surface area contributed by atoms with E-state index in [0.717, 1.165) is 31.7 Å². The first-order valence-corrected chi connectivity index (χ1v) is 9.08. The number of methoxy groups -OCH3 is 2. The molecule has 26 heavy (non-hydrogen) atoms. The van der Waals surface area contributed by atoms with Crippen molar-refractivity contribution in [3.8, 4) is 5.75 Å². The summed E-state index contributed by atoms with van der Waals surface area (Å²) in [6.45, 7) is 4.71. The van der Waals surface area contributed by atoms with Gasteiger partial charge in [0.2, 0.25) is 0 Å². The van der Waals surface area contributed by atoms with Crippen molar-refractivity contribution in [2.45, 2.75) is 19.4 Å². The molecule has 6 nitrogen and oxygen atoms in total. The molecular weight excluding hydrogens is 357 g/mol. The Hall–Kier alpha value is -1.93. The van der Waals surface area contributed by atoms with Gasteiger partial charge in [-0.05, 0) is 36.3 Å². The van der Waals surface area contributed by atoms with Crippen LogP contribution in [0.4, 0.5) is 4.39 Å². The number of ether oxygens (including phenoxy) is 2. The van der Waals surface area contributed by atoms with Gasteiger partial charge in [0.15, 0.2) is 16.7 Å². The minimum absolute atomic E-state index is 0.207. The third kappa shape index (κ3) is 6.10. The Labute approximate surface area is 159 Å². The highest BCUT2D eigenvalue weighted by Crippen LogP contribution is 2.19. The molecule has 1 N–H and O–H groups in total. The molecule has 8 heteroatoms. The van der Waals surface area contributed by atoms with Crippen LogP contribution in [-0.4, -0.2) is 67.8 Å². The molecule has 0 aliphatic carbocycles. The number of carbonyl (C=O) groups is 1. The fraction of sp³-hybridized carbons (Fsp3) is 0.556. The molecule has 1 aliphatic rings. The lowest BCUT2D eigenvalue weighted by atomic mass is 10.2. The van der Waals surface area contributed by atoms with Gasteiger partial charge in [0.05, 0.1) is 14.2 Å². The number of rotatable bonds is 7. The Kier molecular flexibility index (Phi) is 8.06.